The molecule has 7 heteroatoms. The van der Waals surface area contributed by atoms with Gasteiger partial charge in [0.15, 0.2) is 0 Å². The van der Waals surface area contributed by atoms with Gasteiger partial charge in [-0.1, -0.05) is 24.3 Å². The predicted octanol–water partition coefficient (Wildman–Crippen LogP) is 2.08. The summed E-state index contributed by atoms with van der Waals surface area (Å²) in [4.78, 5) is 12.2. The van der Waals surface area contributed by atoms with Crippen LogP contribution in [-0.2, 0) is 10.0 Å². The van der Waals surface area contributed by atoms with Gasteiger partial charge in [0.05, 0.1) is 23.5 Å². The van der Waals surface area contributed by atoms with Crippen molar-refractivity contribution in [2.45, 2.75) is 6.04 Å². The highest BCUT2D eigenvalue weighted by atomic mass is 32.2. The zero-order chi connectivity index (χ0) is 16.6. The molecule has 0 spiro atoms. The molecule has 0 fully saturated rings. The number of carbonyl (C=O) groups excluding carboxylic acids is 1. The molecule has 3 rings (SSSR count). The smallest absolute Gasteiger partial charge is 0.253 e. The Morgan fingerprint density at radius 1 is 1.13 bits per heavy atom. The average molecular weight is 334 g/mol. The lowest BCUT2D eigenvalue weighted by Gasteiger charge is -2.30. The van der Waals surface area contributed by atoms with Crippen molar-refractivity contribution in [2.24, 2.45) is 0 Å². The molecule has 1 aliphatic rings. The molecule has 2 aromatic carbocycles. The first-order chi connectivity index (χ1) is 10.9. The number of sulfonamides is 1. The lowest BCUT2D eigenvalue weighted by molar-refractivity contribution is 0.0955. The Morgan fingerprint density at radius 3 is 2.43 bits per heavy atom. The number of carbonyl (C=O) groups is 1. The fourth-order valence-electron chi connectivity index (χ4n) is 2.74. The van der Waals surface area contributed by atoms with E-state index in [2.05, 4.69) is 5.32 Å². The summed E-state index contributed by atoms with van der Waals surface area (Å²) in [5, 5.41) is 2.73. The maximum Gasteiger partial charge on any atom is 0.253 e. The van der Waals surface area contributed by atoms with Crippen LogP contribution in [0.25, 0.3) is 0 Å². The van der Waals surface area contributed by atoms with Crippen LogP contribution in [0.15, 0.2) is 48.5 Å². The van der Waals surface area contributed by atoms with Gasteiger partial charge in [0.25, 0.3) is 5.91 Å². The summed E-state index contributed by atoms with van der Waals surface area (Å²) in [7, 11) is -3.65. The van der Waals surface area contributed by atoms with Gasteiger partial charge < -0.3 is 5.32 Å². The molecule has 23 heavy (non-hydrogen) atoms. The first-order valence-corrected chi connectivity index (χ1v) is 8.85. The number of benzene rings is 2. The molecule has 1 atom stereocenters. The zero-order valence-corrected chi connectivity index (χ0v) is 13.2. The SMILES string of the molecule is CS(=O)(=O)N1c2ccccc2C(=O)NCC1c1ccc(F)cc1. The Hall–Kier alpha value is -2.41. The second-order valence-corrected chi connectivity index (χ2v) is 7.21. The van der Waals surface area contributed by atoms with Gasteiger partial charge in [0, 0.05) is 6.54 Å². The van der Waals surface area contributed by atoms with Gasteiger partial charge in [-0.25, -0.2) is 12.8 Å². The number of halogens is 1. The number of fused-ring (bicyclic) bond motifs is 1. The van der Waals surface area contributed by atoms with Crippen molar-refractivity contribution in [3.05, 3.63) is 65.5 Å². The van der Waals surface area contributed by atoms with Gasteiger partial charge >= 0.3 is 0 Å². The molecule has 0 radical (unpaired) electrons. The molecule has 0 saturated heterocycles. The van der Waals surface area contributed by atoms with E-state index in [0.717, 1.165) is 6.26 Å². The van der Waals surface area contributed by atoms with E-state index in [1.165, 1.54) is 28.6 Å². The Kier molecular flexibility index (Phi) is 3.81. The molecule has 5 nitrogen and oxygen atoms in total. The molecule has 1 heterocycles. The highest BCUT2D eigenvalue weighted by Crippen LogP contribution is 2.34. The summed E-state index contributed by atoms with van der Waals surface area (Å²) < 4.78 is 39.1. The van der Waals surface area contributed by atoms with Crippen LogP contribution >= 0.6 is 0 Å². The van der Waals surface area contributed by atoms with E-state index in [4.69, 9.17) is 0 Å². The van der Waals surface area contributed by atoms with Crippen LogP contribution < -0.4 is 9.62 Å². The second-order valence-electron chi connectivity index (χ2n) is 5.35. The lowest BCUT2D eigenvalue weighted by Crippen LogP contribution is -2.38. The van der Waals surface area contributed by atoms with Gasteiger partial charge in [-0.3, -0.25) is 9.10 Å². The maximum absolute atomic E-state index is 13.2. The fraction of sp³-hybridized carbons (Fsp3) is 0.188. The van der Waals surface area contributed by atoms with Crippen LogP contribution in [0.2, 0.25) is 0 Å². The molecule has 1 N–H and O–H groups in total. The van der Waals surface area contributed by atoms with Gasteiger partial charge in [0.1, 0.15) is 5.82 Å². The predicted molar refractivity (Wildman–Crippen MR) is 85.2 cm³/mol. The third kappa shape index (κ3) is 2.92. The van der Waals surface area contributed by atoms with Crippen LogP contribution in [0, 0.1) is 5.82 Å². The second kappa shape index (κ2) is 5.66. The van der Waals surface area contributed by atoms with Crippen molar-refractivity contribution < 1.29 is 17.6 Å². The number of nitrogens with zero attached hydrogens (tertiary/aromatic N) is 1. The largest absolute Gasteiger partial charge is 0.350 e. The minimum absolute atomic E-state index is 0.103. The highest BCUT2D eigenvalue weighted by molar-refractivity contribution is 7.92. The first-order valence-electron chi connectivity index (χ1n) is 7.00. The number of amides is 1. The summed E-state index contributed by atoms with van der Waals surface area (Å²) in [5.41, 5.74) is 1.22. The van der Waals surface area contributed by atoms with E-state index >= 15 is 0 Å². The number of hydrogen-bond donors (Lipinski definition) is 1. The van der Waals surface area contributed by atoms with E-state index in [0.29, 0.717) is 16.8 Å². The molecule has 1 aliphatic heterocycles. The van der Waals surface area contributed by atoms with E-state index in [9.17, 15) is 17.6 Å². The summed E-state index contributed by atoms with van der Waals surface area (Å²) in [6.45, 7) is 0.103. The number of nitrogens with one attached hydrogen (secondary N) is 1. The third-order valence-corrected chi connectivity index (χ3v) is 4.90. The number of para-hydroxylation sites is 1. The highest BCUT2D eigenvalue weighted by Gasteiger charge is 2.34. The molecular formula is C16H15FN2O3S. The molecule has 120 valence electrons. The topological polar surface area (TPSA) is 66.5 Å². The molecule has 1 amide bonds. The van der Waals surface area contributed by atoms with Crippen molar-refractivity contribution >= 4 is 21.6 Å². The van der Waals surface area contributed by atoms with Gasteiger partial charge in [-0.15, -0.1) is 0 Å². The number of rotatable bonds is 2. The Balaban J connectivity index is 2.20. The van der Waals surface area contributed by atoms with Crippen LogP contribution in [-0.4, -0.2) is 27.1 Å². The van der Waals surface area contributed by atoms with Crippen molar-refractivity contribution in [3.8, 4) is 0 Å². The Bertz CT molecular complexity index is 850. The van der Waals surface area contributed by atoms with Crippen molar-refractivity contribution in [1.82, 2.24) is 5.32 Å². The van der Waals surface area contributed by atoms with Crippen LogP contribution in [0.4, 0.5) is 10.1 Å². The summed E-state index contributed by atoms with van der Waals surface area (Å²) in [6, 6.07) is 11.5. The summed E-state index contributed by atoms with van der Waals surface area (Å²) in [5.74, 6) is -0.739. The number of hydrogen-bond acceptors (Lipinski definition) is 3. The monoisotopic (exact) mass is 334 g/mol. The average Bonchev–Trinajstić information content (AvgIpc) is 2.65. The van der Waals surface area contributed by atoms with E-state index in [1.807, 2.05) is 0 Å². The minimum Gasteiger partial charge on any atom is -0.350 e. The summed E-state index contributed by atoms with van der Waals surface area (Å²) >= 11 is 0. The van der Waals surface area contributed by atoms with Crippen LogP contribution in [0.3, 0.4) is 0 Å². The van der Waals surface area contributed by atoms with Crippen molar-refractivity contribution in [3.63, 3.8) is 0 Å². The van der Waals surface area contributed by atoms with Crippen LogP contribution in [0.1, 0.15) is 22.0 Å². The molecule has 0 bridgehead atoms. The van der Waals surface area contributed by atoms with Gasteiger partial charge in [-0.05, 0) is 29.8 Å². The molecular weight excluding hydrogens is 319 g/mol. The van der Waals surface area contributed by atoms with E-state index < -0.39 is 21.9 Å². The quantitative estimate of drug-likeness (QED) is 0.914. The number of anilines is 1. The Morgan fingerprint density at radius 2 is 1.78 bits per heavy atom. The van der Waals surface area contributed by atoms with E-state index in [-0.39, 0.29) is 12.5 Å². The van der Waals surface area contributed by atoms with Gasteiger partial charge in [-0.2, -0.15) is 0 Å². The zero-order valence-electron chi connectivity index (χ0n) is 12.4. The molecule has 0 aliphatic carbocycles. The molecule has 2 aromatic rings. The normalized spacial score (nSPS) is 18.1. The third-order valence-electron chi connectivity index (χ3n) is 3.74. The molecule has 0 aromatic heterocycles. The molecule has 1 unspecified atom stereocenters. The Labute approximate surface area is 133 Å². The van der Waals surface area contributed by atoms with Crippen LogP contribution in [0.5, 0.6) is 0 Å². The maximum atomic E-state index is 13.2. The molecule has 0 saturated carbocycles. The fourth-order valence-corrected chi connectivity index (χ4v) is 3.92. The van der Waals surface area contributed by atoms with E-state index in [1.54, 1.807) is 24.3 Å². The minimum atomic E-state index is -3.65. The first kappa shape index (κ1) is 15.5. The van der Waals surface area contributed by atoms with Crippen molar-refractivity contribution in [2.75, 3.05) is 17.1 Å². The lowest BCUT2D eigenvalue weighted by atomic mass is 10.1. The standard InChI is InChI=1S/C16H15FN2O3S/c1-23(21,22)19-14-5-3-2-4-13(14)16(20)18-10-15(19)11-6-8-12(17)9-7-11/h2-9,15H,10H2,1H3,(H,18,20). The van der Waals surface area contributed by atoms with Gasteiger partial charge in [0.2, 0.25) is 10.0 Å². The van der Waals surface area contributed by atoms with Crippen molar-refractivity contribution in [1.29, 1.82) is 0 Å². The summed E-state index contributed by atoms with van der Waals surface area (Å²) in [6.07, 6.45) is 1.09.